The molecule has 0 bridgehead atoms. The van der Waals surface area contributed by atoms with E-state index in [0.29, 0.717) is 31.6 Å². The van der Waals surface area contributed by atoms with Crippen LogP contribution in [0.25, 0.3) is 11.1 Å². The second kappa shape index (κ2) is 6.78. The molecule has 2 aromatic rings. The van der Waals surface area contributed by atoms with Gasteiger partial charge in [-0.3, -0.25) is 14.6 Å². The number of carboxylic acid groups (broad SMARTS) is 1. The van der Waals surface area contributed by atoms with Crippen molar-refractivity contribution < 1.29 is 19.4 Å². The summed E-state index contributed by atoms with van der Waals surface area (Å²) in [4.78, 5) is 29.9. The molecule has 6 heteroatoms. The zero-order valence-corrected chi connectivity index (χ0v) is 14.4. The zero-order chi connectivity index (χ0) is 18.1. The second-order valence-electron chi connectivity index (χ2n) is 6.81. The number of amides is 1. The SMILES string of the molecule is O=C(O)[C@H]1CCCN(C(=O)c2cncc(-c3ccc4c(c3)CCO4)c2)C1. The molecule has 0 aliphatic carbocycles. The summed E-state index contributed by atoms with van der Waals surface area (Å²) in [5.74, 6) is -0.563. The maximum Gasteiger partial charge on any atom is 0.308 e. The van der Waals surface area contributed by atoms with Crippen molar-refractivity contribution in [2.75, 3.05) is 19.7 Å². The summed E-state index contributed by atoms with van der Waals surface area (Å²) in [6.45, 7) is 1.55. The van der Waals surface area contributed by atoms with Gasteiger partial charge in [-0.15, -0.1) is 0 Å². The summed E-state index contributed by atoms with van der Waals surface area (Å²) in [5, 5.41) is 9.22. The molecule has 2 aliphatic heterocycles. The number of pyridine rings is 1. The van der Waals surface area contributed by atoms with Crippen LogP contribution in [0.1, 0.15) is 28.8 Å². The number of hydrogen-bond donors (Lipinski definition) is 1. The number of rotatable bonds is 3. The first-order valence-electron chi connectivity index (χ1n) is 8.85. The Bertz CT molecular complexity index is 865. The lowest BCUT2D eigenvalue weighted by Gasteiger charge is -2.30. The molecule has 6 nitrogen and oxygen atoms in total. The summed E-state index contributed by atoms with van der Waals surface area (Å²) < 4.78 is 5.54. The molecule has 3 heterocycles. The Morgan fingerprint density at radius 1 is 1.19 bits per heavy atom. The molecule has 0 saturated carbocycles. The van der Waals surface area contributed by atoms with E-state index < -0.39 is 11.9 Å². The number of fused-ring (bicyclic) bond motifs is 1. The van der Waals surface area contributed by atoms with Crippen molar-refractivity contribution in [3.8, 4) is 16.9 Å². The molecule has 2 aliphatic rings. The van der Waals surface area contributed by atoms with Crippen LogP contribution in [0.2, 0.25) is 0 Å². The fraction of sp³-hybridized carbons (Fsp3) is 0.350. The highest BCUT2D eigenvalue weighted by Crippen LogP contribution is 2.30. The van der Waals surface area contributed by atoms with Crippen LogP contribution in [0.3, 0.4) is 0 Å². The molecule has 1 aromatic carbocycles. The van der Waals surface area contributed by atoms with Gasteiger partial charge in [0.15, 0.2) is 0 Å². The van der Waals surface area contributed by atoms with Gasteiger partial charge in [0.25, 0.3) is 5.91 Å². The van der Waals surface area contributed by atoms with Gasteiger partial charge in [0, 0.05) is 37.5 Å². The lowest BCUT2D eigenvalue weighted by atomic mass is 9.97. The third-order valence-electron chi connectivity index (χ3n) is 5.07. The fourth-order valence-corrected chi connectivity index (χ4v) is 3.63. The van der Waals surface area contributed by atoms with E-state index in [0.717, 1.165) is 23.3 Å². The van der Waals surface area contributed by atoms with E-state index in [2.05, 4.69) is 11.1 Å². The summed E-state index contributed by atoms with van der Waals surface area (Å²) in [5.41, 5.74) is 3.53. The third-order valence-corrected chi connectivity index (χ3v) is 5.07. The van der Waals surface area contributed by atoms with Crippen molar-refractivity contribution in [2.24, 2.45) is 5.92 Å². The van der Waals surface area contributed by atoms with Gasteiger partial charge in [-0.05, 0) is 42.2 Å². The Kier molecular flexibility index (Phi) is 4.32. The molecule has 4 rings (SSSR count). The molecular formula is C20H20N2O4. The predicted molar refractivity (Wildman–Crippen MR) is 95.1 cm³/mol. The van der Waals surface area contributed by atoms with Crippen LogP contribution < -0.4 is 4.74 Å². The Balaban J connectivity index is 1.57. The number of benzene rings is 1. The number of carbonyl (C=O) groups excluding carboxylic acids is 1. The number of aromatic nitrogens is 1. The van der Waals surface area contributed by atoms with Crippen LogP contribution in [0, 0.1) is 5.92 Å². The van der Waals surface area contributed by atoms with Crippen LogP contribution in [0.4, 0.5) is 0 Å². The van der Waals surface area contributed by atoms with Gasteiger partial charge in [0.05, 0.1) is 18.1 Å². The van der Waals surface area contributed by atoms with Crippen LogP contribution in [0.15, 0.2) is 36.7 Å². The quantitative estimate of drug-likeness (QED) is 0.918. The first-order valence-corrected chi connectivity index (χ1v) is 8.85. The Hall–Kier alpha value is -2.89. The lowest BCUT2D eigenvalue weighted by Crippen LogP contribution is -2.42. The van der Waals surface area contributed by atoms with Crippen LogP contribution in [-0.4, -0.2) is 46.6 Å². The van der Waals surface area contributed by atoms with Crippen molar-refractivity contribution in [3.05, 3.63) is 47.8 Å². The molecule has 26 heavy (non-hydrogen) atoms. The second-order valence-corrected chi connectivity index (χ2v) is 6.81. The maximum atomic E-state index is 12.8. The summed E-state index contributed by atoms with van der Waals surface area (Å²) in [6.07, 6.45) is 5.51. The molecule has 1 aromatic heterocycles. The highest BCUT2D eigenvalue weighted by atomic mass is 16.5. The number of aliphatic carboxylic acids is 1. The van der Waals surface area contributed by atoms with Gasteiger partial charge in [-0.2, -0.15) is 0 Å². The highest BCUT2D eigenvalue weighted by molar-refractivity contribution is 5.95. The number of carboxylic acids is 1. The normalized spacial score (nSPS) is 18.9. The van der Waals surface area contributed by atoms with Gasteiger partial charge in [0.2, 0.25) is 0 Å². The van der Waals surface area contributed by atoms with Gasteiger partial charge >= 0.3 is 5.97 Å². The van der Waals surface area contributed by atoms with Gasteiger partial charge in [-0.1, -0.05) is 6.07 Å². The minimum Gasteiger partial charge on any atom is -0.493 e. The fourth-order valence-electron chi connectivity index (χ4n) is 3.63. The Labute approximate surface area is 151 Å². The molecule has 1 amide bonds. The largest absolute Gasteiger partial charge is 0.493 e. The molecular weight excluding hydrogens is 332 g/mol. The summed E-state index contributed by atoms with van der Waals surface area (Å²) >= 11 is 0. The van der Waals surface area contributed by atoms with Crippen molar-refractivity contribution in [3.63, 3.8) is 0 Å². The van der Waals surface area contributed by atoms with Crippen molar-refractivity contribution in [1.29, 1.82) is 0 Å². The van der Waals surface area contributed by atoms with E-state index in [-0.39, 0.29) is 12.5 Å². The minimum atomic E-state index is -0.838. The van der Waals surface area contributed by atoms with Gasteiger partial charge in [0.1, 0.15) is 5.75 Å². The highest BCUT2D eigenvalue weighted by Gasteiger charge is 2.28. The van der Waals surface area contributed by atoms with E-state index in [1.807, 2.05) is 18.2 Å². The molecule has 0 spiro atoms. The van der Waals surface area contributed by atoms with Crippen molar-refractivity contribution >= 4 is 11.9 Å². The monoisotopic (exact) mass is 352 g/mol. The van der Waals surface area contributed by atoms with E-state index in [9.17, 15) is 14.7 Å². The minimum absolute atomic E-state index is 0.158. The summed E-state index contributed by atoms with van der Waals surface area (Å²) in [7, 11) is 0. The lowest BCUT2D eigenvalue weighted by molar-refractivity contribution is -0.143. The molecule has 1 N–H and O–H groups in total. The van der Waals surface area contributed by atoms with E-state index in [4.69, 9.17) is 4.74 Å². The average molecular weight is 352 g/mol. The van der Waals surface area contributed by atoms with E-state index in [1.54, 1.807) is 17.3 Å². The molecule has 0 unspecified atom stereocenters. The maximum absolute atomic E-state index is 12.8. The number of nitrogens with zero attached hydrogens (tertiary/aromatic N) is 2. The number of likely N-dealkylation sites (tertiary alicyclic amines) is 1. The van der Waals surface area contributed by atoms with Gasteiger partial charge in [-0.25, -0.2) is 0 Å². The topological polar surface area (TPSA) is 79.7 Å². The van der Waals surface area contributed by atoms with E-state index >= 15 is 0 Å². The van der Waals surface area contributed by atoms with Crippen molar-refractivity contribution in [2.45, 2.75) is 19.3 Å². The standard InChI is InChI=1S/C20H20N2O4/c23-19(22-6-1-2-15(12-22)20(24)25)17-9-16(10-21-11-17)13-3-4-18-14(8-13)5-7-26-18/h3-4,8-11,15H,1-2,5-7,12H2,(H,24,25)/t15-/m0/s1. The Morgan fingerprint density at radius 2 is 2.08 bits per heavy atom. The first-order chi connectivity index (χ1) is 12.6. The van der Waals surface area contributed by atoms with Crippen LogP contribution >= 0.6 is 0 Å². The number of piperidine rings is 1. The Morgan fingerprint density at radius 3 is 2.92 bits per heavy atom. The molecule has 0 radical (unpaired) electrons. The third kappa shape index (κ3) is 3.14. The zero-order valence-electron chi connectivity index (χ0n) is 14.4. The molecule has 1 fully saturated rings. The van der Waals surface area contributed by atoms with Gasteiger partial charge < -0.3 is 14.7 Å². The van der Waals surface area contributed by atoms with Crippen LogP contribution in [-0.2, 0) is 11.2 Å². The summed E-state index contributed by atoms with van der Waals surface area (Å²) in [6, 6.07) is 7.83. The number of ether oxygens (including phenoxy) is 1. The molecule has 1 atom stereocenters. The molecule has 1 saturated heterocycles. The van der Waals surface area contributed by atoms with Crippen LogP contribution in [0.5, 0.6) is 5.75 Å². The predicted octanol–water partition coefficient (Wildman–Crippen LogP) is 2.62. The number of carbonyl (C=O) groups is 2. The average Bonchev–Trinajstić information content (AvgIpc) is 3.15. The first kappa shape index (κ1) is 16.6. The van der Waals surface area contributed by atoms with E-state index in [1.165, 1.54) is 5.56 Å². The number of hydrogen-bond acceptors (Lipinski definition) is 4. The molecule has 134 valence electrons. The van der Waals surface area contributed by atoms with Crippen molar-refractivity contribution in [1.82, 2.24) is 9.88 Å². The smallest absolute Gasteiger partial charge is 0.308 e.